The lowest BCUT2D eigenvalue weighted by atomic mass is 10.0. The maximum absolute atomic E-state index is 14.5. The van der Waals surface area contributed by atoms with Crippen molar-refractivity contribution in [1.82, 2.24) is 10.2 Å². The van der Waals surface area contributed by atoms with Crippen LogP contribution in [0.25, 0.3) is 0 Å². The van der Waals surface area contributed by atoms with Crippen molar-refractivity contribution in [2.75, 3.05) is 17.4 Å². The molecular weight excluding hydrogens is 676 g/mol. The summed E-state index contributed by atoms with van der Waals surface area (Å²) >= 11 is 25.4. The molecule has 45 heavy (non-hydrogen) atoms. The second-order valence-corrected chi connectivity index (χ2v) is 13.7. The Bertz CT molecular complexity index is 1720. The number of carbonyl (C=O) groups excluding carboxylic acids is 2. The van der Waals surface area contributed by atoms with Gasteiger partial charge in [-0.15, -0.1) is 0 Å². The first-order valence-corrected chi connectivity index (χ1v) is 17.0. The third-order valence-corrected chi connectivity index (χ3v) is 9.97. The van der Waals surface area contributed by atoms with Crippen LogP contribution in [-0.4, -0.2) is 44.3 Å². The van der Waals surface area contributed by atoms with E-state index in [-0.39, 0.29) is 28.6 Å². The summed E-state index contributed by atoms with van der Waals surface area (Å²) in [6.45, 7) is 1.50. The highest BCUT2D eigenvalue weighted by Gasteiger charge is 2.35. The second kappa shape index (κ2) is 15.8. The molecule has 0 aliphatic rings. The number of hydrogen-bond donors (Lipinski definition) is 1. The number of rotatable bonds is 13. The van der Waals surface area contributed by atoms with Gasteiger partial charge in [-0.05, 0) is 66.6 Å². The smallest absolute Gasteiger partial charge is 0.264 e. The summed E-state index contributed by atoms with van der Waals surface area (Å²) in [5.41, 5.74) is 1.39. The number of amides is 2. The van der Waals surface area contributed by atoms with Gasteiger partial charge >= 0.3 is 0 Å². The van der Waals surface area contributed by atoms with Crippen LogP contribution in [0.15, 0.2) is 102 Å². The van der Waals surface area contributed by atoms with E-state index < -0.39 is 34.4 Å². The minimum atomic E-state index is -4.31. The van der Waals surface area contributed by atoms with Gasteiger partial charge in [0.05, 0.1) is 10.6 Å². The Morgan fingerprint density at radius 3 is 2.07 bits per heavy atom. The molecule has 12 heteroatoms. The van der Waals surface area contributed by atoms with Crippen LogP contribution >= 0.6 is 46.4 Å². The monoisotopic (exact) mass is 705 g/mol. The summed E-state index contributed by atoms with van der Waals surface area (Å²) in [6, 6.07) is 25.0. The summed E-state index contributed by atoms with van der Waals surface area (Å²) in [7, 11) is -4.31. The maximum Gasteiger partial charge on any atom is 0.264 e. The van der Waals surface area contributed by atoms with Gasteiger partial charge in [-0.2, -0.15) is 0 Å². The van der Waals surface area contributed by atoms with Crippen molar-refractivity contribution in [3.05, 3.63) is 128 Å². The van der Waals surface area contributed by atoms with E-state index in [2.05, 4.69) is 5.32 Å². The molecule has 0 saturated carbocycles. The van der Waals surface area contributed by atoms with Gasteiger partial charge in [-0.1, -0.05) is 95.8 Å². The molecule has 7 nitrogen and oxygen atoms in total. The van der Waals surface area contributed by atoms with E-state index in [1.165, 1.54) is 41.3 Å². The van der Waals surface area contributed by atoms with Crippen LogP contribution in [-0.2, 0) is 32.6 Å². The average Bonchev–Trinajstić information content (AvgIpc) is 3.02. The van der Waals surface area contributed by atoms with Crippen LogP contribution in [0.3, 0.4) is 0 Å². The van der Waals surface area contributed by atoms with E-state index >= 15 is 0 Å². The number of halogens is 4. The molecule has 1 atom stereocenters. The molecule has 0 aromatic heterocycles. The molecular formula is C33H31Cl4N3O4S. The molecule has 0 aliphatic carbocycles. The fourth-order valence-electron chi connectivity index (χ4n) is 4.67. The highest BCUT2D eigenvalue weighted by molar-refractivity contribution is 7.92. The van der Waals surface area contributed by atoms with Gasteiger partial charge in [0.2, 0.25) is 11.8 Å². The van der Waals surface area contributed by atoms with E-state index in [0.29, 0.717) is 33.6 Å². The number of sulfonamides is 1. The van der Waals surface area contributed by atoms with Gasteiger partial charge in [0.1, 0.15) is 12.6 Å². The molecule has 0 heterocycles. The predicted molar refractivity (Wildman–Crippen MR) is 182 cm³/mol. The molecule has 4 rings (SSSR count). The minimum absolute atomic E-state index is 0.0816. The van der Waals surface area contributed by atoms with Crippen molar-refractivity contribution < 1.29 is 18.0 Å². The van der Waals surface area contributed by atoms with E-state index in [0.717, 1.165) is 9.87 Å². The van der Waals surface area contributed by atoms with Crippen molar-refractivity contribution in [1.29, 1.82) is 0 Å². The number of nitrogens with one attached hydrogen (secondary N) is 1. The Morgan fingerprint density at radius 2 is 1.44 bits per heavy atom. The fourth-order valence-corrected chi connectivity index (χ4v) is 6.90. The normalized spacial score (nSPS) is 11.9. The maximum atomic E-state index is 14.5. The van der Waals surface area contributed by atoms with E-state index in [1.54, 1.807) is 30.3 Å². The van der Waals surface area contributed by atoms with Crippen molar-refractivity contribution in [3.8, 4) is 0 Å². The summed E-state index contributed by atoms with van der Waals surface area (Å²) in [4.78, 5) is 29.5. The first kappa shape index (κ1) is 34.6. The molecule has 1 N–H and O–H groups in total. The van der Waals surface area contributed by atoms with E-state index in [4.69, 9.17) is 46.4 Å². The lowest BCUT2D eigenvalue weighted by Gasteiger charge is -2.34. The first-order chi connectivity index (χ1) is 21.5. The zero-order valence-electron chi connectivity index (χ0n) is 24.3. The van der Waals surface area contributed by atoms with Crippen LogP contribution in [0.2, 0.25) is 20.1 Å². The Labute approximate surface area is 283 Å². The van der Waals surface area contributed by atoms with Gasteiger partial charge in [-0.25, -0.2) is 8.42 Å². The van der Waals surface area contributed by atoms with Gasteiger partial charge in [-0.3, -0.25) is 13.9 Å². The van der Waals surface area contributed by atoms with E-state index in [9.17, 15) is 18.0 Å². The number of anilines is 1. The largest absolute Gasteiger partial charge is 0.354 e. The van der Waals surface area contributed by atoms with Crippen LogP contribution < -0.4 is 9.62 Å². The molecule has 0 fully saturated rings. The summed E-state index contributed by atoms with van der Waals surface area (Å²) < 4.78 is 29.1. The van der Waals surface area contributed by atoms with Gasteiger partial charge in [0.15, 0.2) is 0 Å². The highest BCUT2D eigenvalue weighted by Crippen LogP contribution is 2.30. The molecule has 4 aromatic rings. The van der Waals surface area contributed by atoms with Gasteiger partial charge in [0.25, 0.3) is 10.0 Å². The van der Waals surface area contributed by atoms with Gasteiger partial charge < -0.3 is 10.2 Å². The fraction of sp³-hybridized carbons (Fsp3) is 0.212. The summed E-state index contributed by atoms with van der Waals surface area (Å²) in [6.07, 6.45) is 0.835. The Kier molecular flexibility index (Phi) is 12.2. The van der Waals surface area contributed by atoms with Crippen molar-refractivity contribution >= 4 is 73.9 Å². The molecule has 0 saturated heterocycles. The molecule has 0 aliphatic heterocycles. The van der Waals surface area contributed by atoms with Crippen LogP contribution in [0.1, 0.15) is 24.5 Å². The quantitative estimate of drug-likeness (QED) is 0.155. The Morgan fingerprint density at radius 1 is 0.800 bits per heavy atom. The van der Waals surface area contributed by atoms with Crippen molar-refractivity contribution in [3.63, 3.8) is 0 Å². The standard InChI is InChI=1S/C33H31Cl4N3O4S/c1-2-18-38-33(42)31(19-23-8-4-3-5-9-23)39(21-28-29(36)12-7-13-30(28)37)32(41)22-40(26-11-6-10-25(35)20-26)45(43,44)27-16-14-24(34)15-17-27/h3-17,20,31H,2,18-19,21-22H2,1H3,(H,38,42)/t31-/m1/s1. The van der Waals surface area contributed by atoms with Crippen LogP contribution in [0, 0.1) is 0 Å². The topological polar surface area (TPSA) is 86.8 Å². The summed E-state index contributed by atoms with van der Waals surface area (Å²) in [5.74, 6) is -1.05. The third-order valence-electron chi connectivity index (χ3n) is 6.99. The first-order valence-electron chi connectivity index (χ1n) is 14.1. The minimum Gasteiger partial charge on any atom is -0.354 e. The number of hydrogen-bond acceptors (Lipinski definition) is 4. The Hall–Kier alpha value is -3.27. The van der Waals surface area contributed by atoms with Crippen molar-refractivity contribution in [2.24, 2.45) is 0 Å². The van der Waals surface area contributed by atoms with Crippen LogP contribution in [0.4, 0.5) is 5.69 Å². The molecule has 0 radical (unpaired) electrons. The SMILES string of the molecule is CCCNC(=O)[C@@H](Cc1ccccc1)N(Cc1c(Cl)cccc1Cl)C(=O)CN(c1cccc(Cl)c1)S(=O)(=O)c1ccc(Cl)cc1. The average molecular weight is 708 g/mol. The molecule has 2 amide bonds. The zero-order chi connectivity index (χ0) is 32.6. The number of nitrogens with zero attached hydrogens (tertiary/aromatic N) is 2. The predicted octanol–water partition coefficient (Wildman–Crippen LogP) is 7.66. The molecule has 0 spiro atoms. The molecule has 236 valence electrons. The number of carbonyl (C=O) groups is 2. The van der Waals surface area contributed by atoms with Gasteiger partial charge in [0, 0.05) is 45.2 Å². The second-order valence-electron chi connectivity index (χ2n) is 10.2. The third kappa shape index (κ3) is 8.93. The van der Waals surface area contributed by atoms with Crippen LogP contribution in [0.5, 0.6) is 0 Å². The zero-order valence-corrected chi connectivity index (χ0v) is 28.1. The number of benzene rings is 4. The van der Waals surface area contributed by atoms with Crippen molar-refractivity contribution in [2.45, 2.75) is 37.2 Å². The molecule has 0 unspecified atom stereocenters. The molecule has 0 bridgehead atoms. The summed E-state index contributed by atoms with van der Waals surface area (Å²) in [5, 5.41) is 4.12. The highest BCUT2D eigenvalue weighted by atomic mass is 35.5. The lowest BCUT2D eigenvalue weighted by Crippen LogP contribution is -2.53. The Balaban J connectivity index is 1.83. The van der Waals surface area contributed by atoms with E-state index in [1.807, 2.05) is 37.3 Å². The lowest BCUT2D eigenvalue weighted by molar-refractivity contribution is -0.140. The molecule has 4 aromatic carbocycles.